The van der Waals surface area contributed by atoms with Gasteiger partial charge in [0, 0.05) is 4.47 Å². The van der Waals surface area contributed by atoms with E-state index in [2.05, 4.69) is 74.1 Å². The molecule has 0 radical (unpaired) electrons. The van der Waals surface area contributed by atoms with Crippen molar-refractivity contribution in [2.45, 2.75) is 44.8 Å². The molecule has 0 amide bonds. The van der Waals surface area contributed by atoms with Gasteiger partial charge >= 0.3 is 0 Å². The Morgan fingerprint density at radius 1 is 1.00 bits per heavy atom. The molecule has 0 aliphatic carbocycles. The molecule has 0 heterocycles. The molecule has 0 aliphatic heterocycles. The lowest BCUT2D eigenvalue weighted by molar-refractivity contribution is 0.202. The van der Waals surface area contributed by atoms with Crippen molar-refractivity contribution in [3.05, 3.63) is 58.6 Å². The predicted molar refractivity (Wildman–Crippen MR) is 114 cm³/mol. The zero-order valence-corrected chi connectivity index (χ0v) is 19.4. The molecule has 26 heavy (non-hydrogen) atoms. The molecule has 0 atom stereocenters. The number of aryl methyl sites for hydroxylation is 1. The summed E-state index contributed by atoms with van der Waals surface area (Å²) < 4.78 is 31.1. The van der Waals surface area contributed by atoms with Gasteiger partial charge in [-0.3, -0.25) is 4.18 Å². The number of rotatable bonds is 7. The van der Waals surface area contributed by atoms with Gasteiger partial charge in [-0.05, 0) is 42.6 Å². The van der Waals surface area contributed by atoms with Crippen LogP contribution in [0.2, 0.25) is 19.1 Å². The van der Waals surface area contributed by atoms with Crippen LogP contribution in [0.25, 0.3) is 0 Å². The third-order valence-corrected chi connectivity index (χ3v) is 10.0. The molecular formula is C20H27BrO3SSi. The molecule has 142 valence electrons. The Morgan fingerprint density at radius 3 is 2.08 bits per heavy atom. The highest BCUT2D eigenvalue weighted by Crippen LogP contribution is 2.30. The number of hydrogen-bond donors (Lipinski definition) is 0. The van der Waals surface area contributed by atoms with Gasteiger partial charge in [0.15, 0.2) is 0 Å². The normalized spacial score (nSPS) is 13.0. The second-order valence-corrected chi connectivity index (χ2v) is 15.5. The van der Waals surface area contributed by atoms with Crippen LogP contribution in [0.3, 0.4) is 0 Å². The SMILES string of the molecule is Cc1ccc([Si](C)(C)CC(C)(C)COS(=O)(=O)c2ccc(Br)cc2)cc1. The van der Waals surface area contributed by atoms with Gasteiger partial charge in [-0.2, -0.15) is 8.42 Å². The van der Waals surface area contributed by atoms with Crippen LogP contribution in [0, 0.1) is 12.3 Å². The first-order valence-corrected chi connectivity index (χ1v) is 14.0. The van der Waals surface area contributed by atoms with Gasteiger partial charge in [0.1, 0.15) is 0 Å². The third-order valence-electron chi connectivity index (χ3n) is 4.46. The number of benzene rings is 2. The summed E-state index contributed by atoms with van der Waals surface area (Å²) in [5.74, 6) is 0. The second kappa shape index (κ2) is 7.96. The Labute approximate surface area is 167 Å². The molecule has 0 spiro atoms. The molecule has 0 N–H and O–H groups in total. The molecule has 0 saturated heterocycles. The summed E-state index contributed by atoms with van der Waals surface area (Å²) >= 11 is 3.31. The van der Waals surface area contributed by atoms with Gasteiger partial charge in [-0.15, -0.1) is 0 Å². The van der Waals surface area contributed by atoms with E-state index in [1.807, 2.05) is 0 Å². The Hall–Kier alpha value is -0.953. The Kier molecular flexibility index (Phi) is 6.54. The topological polar surface area (TPSA) is 43.4 Å². The van der Waals surface area contributed by atoms with E-state index >= 15 is 0 Å². The summed E-state index contributed by atoms with van der Waals surface area (Å²) in [6.07, 6.45) is 0. The van der Waals surface area contributed by atoms with Crippen molar-refractivity contribution in [2.24, 2.45) is 5.41 Å². The fourth-order valence-corrected chi connectivity index (χ4v) is 8.37. The van der Waals surface area contributed by atoms with E-state index in [1.54, 1.807) is 24.3 Å². The molecule has 2 rings (SSSR count). The first-order valence-electron chi connectivity index (χ1n) is 8.64. The van der Waals surface area contributed by atoms with Gasteiger partial charge < -0.3 is 0 Å². The lowest BCUT2D eigenvalue weighted by atomic mass is 9.98. The molecule has 2 aromatic rings. The quantitative estimate of drug-likeness (QED) is 0.431. The molecular weight excluding hydrogens is 428 g/mol. The molecule has 3 nitrogen and oxygen atoms in total. The molecule has 2 aromatic carbocycles. The maximum absolute atomic E-state index is 12.4. The highest BCUT2D eigenvalue weighted by Gasteiger charge is 2.33. The third kappa shape index (κ3) is 5.77. The Balaban J connectivity index is 2.07. The summed E-state index contributed by atoms with van der Waals surface area (Å²) in [4.78, 5) is 0.187. The maximum atomic E-state index is 12.4. The van der Waals surface area contributed by atoms with Gasteiger partial charge in [-0.1, -0.05) is 77.9 Å². The van der Waals surface area contributed by atoms with Crippen LogP contribution >= 0.6 is 15.9 Å². The second-order valence-electron chi connectivity index (χ2n) is 8.26. The predicted octanol–water partition coefficient (Wildman–Crippen LogP) is 5.10. The molecule has 6 heteroatoms. The van der Waals surface area contributed by atoms with Crippen LogP contribution in [0.4, 0.5) is 0 Å². The van der Waals surface area contributed by atoms with E-state index in [-0.39, 0.29) is 16.9 Å². The summed E-state index contributed by atoms with van der Waals surface area (Å²) in [5, 5.41) is 1.38. The van der Waals surface area contributed by atoms with E-state index in [0.29, 0.717) is 0 Å². The number of halogens is 1. The van der Waals surface area contributed by atoms with Crippen LogP contribution < -0.4 is 5.19 Å². The minimum Gasteiger partial charge on any atom is -0.266 e. The Bertz CT molecular complexity index is 842. The van der Waals surface area contributed by atoms with Crippen molar-refractivity contribution in [3.8, 4) is 0 Å². The zero-order valence-electron chi connectivity index (χ0n) is 16.0. The highest BCUT2D eigenvalue weighted by atomic mass is 79.9. The lowest BCUT2D eigenvalue weighted by Crippen LogP contribution is -2.45. The molecule has 0 bridgehead atoms. The molecule has 0 fully saturated rings. The van der Waals surface area contributed by atoms with E-state index in [4.69, 9.17) is 4.18 Å². The maximum Gasteiger partial charge on any atom is 0.296 e. The summed E-state index contributed by atoms with van der Waals surface area (Å²) in [7, 11) is -5.44. The minimum absolute atomic E-state index is 0.174. The van der Waals surface area contributed by atoms with Crippen LogP contribution in [0.5, 0.6) is 0 Å². The van der Waals surface area contributed by atoms with Crippen molar-refractivity contribution in [3.63, 3.8) is 0 Å². The summed E-state index contributed by atoms with van der Waals surface area (Å²) in [6, 6.07) is 16.2. The smallest absolute Gasteiger partial charge is 0.266 e. The van der Waals surface area contributed by atoms with Crippen molar-refractivity contribution >= 4 is 39.3 Å². The monoisotopic (exact) mass is 454 g/mol. The summed E-state index contributed by atoms with van der Waals surface area (Å²) in [6.45, 7) is 11.1. The van der Waals surface area contributed by atoms with Crippen molar-refractivity contribution in [1.29, 1.82) is 0 Å². The van der Waals surface area contributed by atoms with Crippen LogP contribution in [-0.2, 0) is 14.3 Å². The van der Waals surface area contributed by atoms with Crippen molar-refractivity contribution < 1.29 is 12.6 Å². The first-order chi connectivity index (χ1) is 11.9. The summed E-state index contributed by atoms with van der Waals surface area (Å²) in [5.41, 5.74) is 1.02. The van der Waals surface area contributed by atoms with E-state index in [1.165, 1.54) is 10.8 Å². The average Bonchev–Trinajstić information content (AvgIpc) is 2.53. The van der Waals surface area contributed by atoms with Crippen LogP contribution in [-0.4, -0.2) is 23.1 Å². The fourth-order valence-electron chi connectivity index (χ4n) is 3.26. The van der Waals surface area contributed by atoms with Gasteiger partial charge in [0.25, 0.3) is 10.1 Å². The molecule has 0 unspecified atom stereocenters. The molecule has 0 aromatic heterocycles. The highest BCUT2D eigenvalue weighted by molar-refractivity contribution is 9.10. The van der Waals surface area contributed by atoms with Gasteiger partial charge in [0.2, 0.25) is 0 Å². The first kappa shape index (κ1) is 21.3. The number of hydrogen-bond acceptors (Lipinski definition) is 3. The fraction of sp³-hybridized carbons (Fsp3) is 0.400. The van der Waals surface area contributed by atoms with Crippen LogP contribution in [0.15, 0.2) is 57.9 Å². The van der Waals surface area contributed by atoms with Crippen LogP contribution in [0.1, 0.15) is 19.4 Å². The van der Waals surface area contributed by atoms with E-state index < -0.39 is 18.2 Å². The Morgan fingerprint density at radius 2 is 1.54 bits per heavy atom. The van der Waals surface area contributed by atoms with E-state index in [0.717, 1.165) is 10.5 Å². The van der Waals surface area contributed by atoms with Crippen molar-refractivity contribution in [1.82, 2.24) is 0 Å². The zero-order chi connectivity index (χ0) is 19.6. The van der Waals surface area contributed by atoms with E-state index in [9.17, 15) is 8.42 Å². The van der Waals surface area contributed by atoms with Gasteiger partial charge in [0.05, 0.1) is 19.6 Å². The largest absolute Gasteiger partial charge is 0.296 e. The van der Waals surface area contributed by atoms with Gasteiger partial charge in [-0.25, -0.2) is 0 Å². The standard InChI is InChI=1S/C20H27BrO3SSi/c1-16-6-12-19(13-7-16)26(4,5)15-20(2,3)14-24-25(22,23)18-10-8-17(21)9-11-18/h6-13H,14-15H2,1-5H3. The minimum atomic E-state index is -3.74. The van der Waals surface area contributed by atoms with Crippen molar-refractivity contribution in [2.75, 3.05) is 6.61 Å². The molecule has 0 saturated carbocycles. The molecule has 0 aliphatic rings. The average molecular weight is 455 g/mol. The lowest BCUT2D eigenvalue weighted by Gasteiger charge is -2.33.